The number of carbonyl (C=O) groups is 2. The number of nitrogens with zero attached hydrogens (tertiary/aromatic N) is 2. The van der Waals surface area contributed by atoms with Gasteiger partial charge >= 0.3 is 6.03 Å². The van der Waals surface area contributed by atoms with E-state index in [2.05, 4.69) is 45.9 Å². The first-order valence-electron chi connectivity index (χ1n) is 13.5. The van der Waals surface area contributed by atoms with Gasteiger partial charge in [0.25, 0.3) is 5.91 Å². The summed E-state index contributed by atoms with van der Waals surface area (Å²) in [6, 6.07) is 23.2. The highest BCUT2D eigenvalue weighted by molar-refractivity contribution is 6.04. The van der Waals surface area contributed by atoms with E-state index in [9.17, 15) is 9.59 Å². The molecular formula is C31H36N4O3. The first-order valence-corrected chi connectivity index (χ1v) is 13.5. The van der Waals surface area contributed by atoms with Crippen LogP contribution in [0.3, 0.4) is 0 Å². The Kier molecular flexibility index (Phi) is 8.12. The van der Waals surface area contributed by atoms with Gasteiger partial charge in [-0.05, 0) is 86.1 Å². The van der Waals surface area contributed by atoms with Crippen molar-refractivity contribution < 1.29 is 14.3 Å². The molecule has 38 heavy (non-hydrogen) atoms. The van der Waals surface area contributed by atoms with Crippen molar-refractivity contribution in [3.05, 3.63) is 83.9 Å². The van der Waals surface area contributed by atoms with Crippen LogP contribution in [0.25, 0.3) is 0 Å². The lowest BCUT2D eigenvalue weighted by atomic mass is 9.89. The Labute approximate surface area is 224 Å². The van der Waals surface area contributed by atoms with E-state index in [1.165, 1.54) is 5.56 Å². The average Bonchev–Trinajstić information content (AvgIpc) is 3.49. The van der Waals surface area contributed by atoms with E-state index in [1.54, 1.807) is 31.4 Å². The lowest BCUT2D eigenvalue weighted by Crippen LogP contribution is -2.36. The number of hydrogen-bond donors (Lipinski definition) is 2. The van der Waals surface area contributed by atoms with E-state index in [0.717, 1.165) is 69.7 Å². The molecule has 0 saturated carbocycles. The molecule has 5 rings (SSSR count). The van der Waals surface area contributed by atoms with Crippen LogP contribution in [-0.2, 0) is 6.42 Å². The summed E-state index contributed by atoms with van der Waals surface area (Å²) in [5.74, 6) is 1.41. The van der Waals surface area contributed by atoms with Gasteiger partial charge in [0, 0.05) is 43.2 Å². The maximum atomic E-state index is 13.6. The van der Waals surface area contributed by atoms with Gasteiger partial charge in [-0.2, -0.15) is 0 Å². The maximum Gasteiger partial charge on any atom is 0.323 e. The molecular weight excluding hydrogens is 476 g/mol. The van der Waals surface area contributed by atoms with Crippen LogP contribution < -0.4 is 20.3 Å². The van der Waals surface area contributed by atoms with Crippen molar-refractivity contribution in [3.8, 4) is 5.75 Å². The quantitative estimate of drug-likeness (QED) is 0.405. The van der Waals surface area contributed by atoms with Crippen molar-refractivity contribution >= 4 is 29.0 Å². The molecule has 7 heteroatoms. The molecule has 0 aliphatic carbocycles. The van der Waals surface area contributed by atoms with E-state index >= 15 is 0 Å². The smallest absolute Gasteiger partial charge is 0.323 e. The Morgan fingerprint density at radius 2 is 1.50 bits per heavy atom. The van der Waals surface area contributed by atoms with Crippen LogP contribution in [0, 0.1) is 5.92 Å². The first-order chi connectivity index (χ1) is 18.6. The lowest BCUT2D eigenvalue weighted by Gasteiger charge is -2.35. The van der Waals surface area contributed by atoms with Crippen molar-refractivity contribution in [2.24, 2.45) is 5.92 Å². The maximum absolute atomic E-state index is 13.6. The highest BCUT2D eigenvalue weighted by atomic mass is 16.5. The van der Waals surface area contributed by atoms with E-state index in [4.69, 9.17) is 4.74 Å². The van der Waals surface area contributed by atoms with Gasteiger partial charge in [-0.1, -0.05) is 30.3 Å². The normalized spacial score (nSPS) is 15.8. The molecule has 3 amide bonds. The molecule has 2 aliphatic heterocycles. The Balaban J connectivity index is 1.29. The number of ether oxygens (including phenoxy) is 1. The molecule has 0 unspecified atom stereocenters. The fourth-order valence-corrected chi connectivity index (χ4v) is 5.44. The van der Waals surface area contributed by atoms with E-state index in [0.29, 0.717) is 22.9 Å². The van der Waals surface area contributed by atoms with Crippen molar-refractivity contribution in [2.75, 3.05) is 48.8 Å². The third kappa shape index (κ3) is 6.28. The first kappa shape index (κ1) is 25.6. The zero-order valence-electron chi connectivity index (χ0n) is 22.0. The van der Waals surface area contributed by atoms with E-state index in [-0.39, 0.29) is 11.9 Å². The Morgan fingerprint density at radius 1 is 0.842 bits per heavy atom. The number of piperidine rings is 1. The highest BCUT2D eigenvalue weighted by Crippen LogP contribution is 2.31. The number of urea groups is 1. The Morgan fingerprint density at radius 3 is 2.18 bits per heavy atom. The Bertz CT molecular complexity index is 1230. The summed E-state index contributed by atoms with van der Waals surface area (Å²) in [6.07, 6.45) is 5.36. The molecule has 2 heterocycles. The lowest BCUT2D eigenvalue weighted by molar-refractivity contribution is 0.0793. The van der Waals surface area contributed by atoms with Crippen molar-refractivity contribution in [1.82, 2.24) is 4.90 Å². The summed E-state index contributed by atoms with van der Waals surface area (Å²) in [7, 11) is 1.60. The summed E-state index contributed by atoms with van der Waals surface area (Å²) in [5, 5.41) is 5.74. The van der Waals surface area contributed by atoms with Gasteiger partial charge in [-0.15, -0.1) is 0 Å². The summed E-state index contributed by atoms with van der Waals surface area (Å²) in [5.41, 5.74) is 4.27. The molecule has 198 valence electrons. The third-order valence-corrected chi connectivity index (χ3v) is 7.55. The number of carbonyl (C=O) groups excluding carboxylic acids is 2. The van der Waals surface area contributed by atoms with Crippen molar-refractivity contribution in [2.45, 2.75) is 32.1 Å². The molecule has 0 atom stereocenters. The number of anilines is 3. The molecule has 0 bridgehead atoms. The number of rotatable bonds is 7. The van der Waals surface area contributed by atoms with Crippen molar-refractivity contribution in [1.29, 1.82) is 0 Å². The predicted octanol–water partition coefficient (Wildman–Crippen LogP) is 6.03. The molecule has 3 aromatic carbocycles. The second kappa shape index (κ2) is 12.0. The van der Waals surface area contributed by atoms with Crippen LogP contribution in [0.2, 0.25) is 0 Å². The highest BCUT2D eigenvalue weighted by Gasteiger charge is 2.27. The van der Waals surface area contributed by atoms with E-state index in [1.807, 2.05) is 23.1 Å². The van der Waals surface area contributed by atoms with Gasteiger partial charge in [0.15, 0.2) is 0 Å². The number of hydrogen-bond acceptors (Lipinski definition) is 4. The second-order valence-corrected chi connectivity index (χ2v) is 10.2. The number of nitrogens with one attached hydrogen (secondary N) is 2. The van der Waals surface area contributed by atoms with Crippen LogP contribution in [0.5, 0.6) is 5.75 Å². The molecule has 3 aromatic rings. The van der Waals surface area contributed by atoms with Crippen LogP contribution in [-0.4, -0.2) is 50.1 Å². The monoisotopic (exact) mass is 512 g/mol. The molecule has 0 aromatic heterocycles. The zero-order valence-corrected chi connectivity index (χ0v) is 22.0. The fourth-order valence-electron chi connectivity index (χ4n) is 5.44. The summed E-state index contributed by atoms with van der Waals surface area (Å²) in [4.78, 5) is 30.5. The molecule has 2 saturated heterocycles. The van der Waals surface area contributed by atoms with Crippen LogP contribution in [0.1, 0.15) is 41.6 Å². The van der Waals surface area contributed by atoms with Gasteiger partial charge in [0.2, 0.25) is 0 Å². The molecule has 2 fully saturated rings. The van der Waals surface area contributed by atoms with Crippen molar-refractivity contribution in [3.63, 3.8) is 0 Å². The largest absolute Gasteiger partial charge is 0.497 e. The number of likely N-dealkylation sites (tertiary alicyclic amines) is 1. The summed E-state index contributed by atoms with van der Waals surface area (Å²) in [6.45, 7) is 3.41. The minimum Gasteiger partial charge on any atom is -0.497 e. The molecule has 2 aliphatic rings. The summed E-state index contributed by atoms with van der Waals surface area (Å²) >= 11 is 0. The predicted molar refractivity (Wildman–Crippen MR) is 152 cm³/mol. The minimum absolute atomic E-state index is 0.0446. The topological polar surface area (TPSA) is 73.9 Å². The third-order valence-electron chi connectivity index (χ3n) is 7.55. The summed E-state index contributed by atoms with van der Waals surface area (Å²) < 4.78 is 5.17. The van der Waals surface area contributed by atoms with Gasteiger partial charge in [0.1, 0.15) is 5.75 Å². The SMILES string of the molecule is COc1ccc(NC(=O)Nc2ccc(N3CCC(Cc4ccccc4)CC3)c(C(=O)N3CCCC3)c2)cc1. The fraction of sp³-hybridized carbons (Fsp3) is 0.355. The molecule has 0 spiro atoms. The Hall–Kier alpha value is -4.00. The molecule has 0 radical (unpaired) electrons. The molecule has 2 N–H and O–H groups in total. The number of amides is 3. The van der Waals surface area contributed by atoms with E-state index < -0.39 is 0 Å². The van der Waals surface area contributed by atoms with Crippen LogP contribution in [0.4, 0.5) is 21.9 Å². The molecule has 7 nitrogen and oxygen atoms in total. The van der Waals surface area contributed by atoms with Crippen LogP contribution >= 0.6 is 0 Å². The average molecular weight is 513 g/mol. The van der Waals surface area contributed by atoms with Crippen LogP contribution in [0.15, 0.2) is 72.8 Å². The standard InChI is InChI=1S/C31H36N4O3/c1-38-27-12-9-25(10-13-27)32-31(37)33-26-11-14-29(28(22-26)30(36)35-17-5-6-18-35)34-19-15-24(16-20-34)21-23-7-3-2-4-8-23/h2-4,7-14,22,24H,5-6,15-21H2,1H3,(H2,32,33,37). The van der Waals surface area contributed by atoms with Gasteiger partial charge in [-0.3, -0.25) is 4.79 Å². The zero-order chi connectivity index (χ0) is 26.3. The minimum atomic E-state index is -0.357. The van der Waals surface area contributed by atoms with Gasteiger partial charge < -0.3 is 25.2 Å². The van der Waals surface area contributed by atoms with Gasteiger partial charge in [-0.25, -0.2) is 4.79 Å². The number of benzene rings is 3. The second-order valence-electron chi connectivity index (χ2n) is 10.2. The van der Waals surface area contributed by atoms with Gasteiger partial charge in [0.05, 0.1) is 12.7 Å². The number of methoxy groups -OCH3 is 1.